The van der Waals surface area contributed by atoms with Crippen LogP contribution in [0.15, 0.2) is 109 Å². The van der Waals surface area contributed by atoms with Crippen molar-refractivity contribution >= 4 is 57.9 Å². The molecular formula is C34H34N4O4S. The number of amides is 2. The van der Waals surface area contributed by atoms with E-state index in [4.69, 9.17) is 17.0 Å². The molecule has 220 valence electrons. The summed E-state index contributed by atoms with van der Waals surface area (Å²) in [6, 6.07) is 34.1. The Labute approximate surface area is 256 Å². The van der Waals surface area contributed by atoms with Crippen molar-refractivity contribution in [2.24, 2.45) is 0 Å². The molecule has 0 fully saturated rings. The summed E-state index contributed by atoms with van der Waals surface area (Å²) in [7, 11) is 0. The molecule has 0 aromatic heterocycles. The van der Waals surface area contributed by atoms with E-state index in [0.29, 0.717) is 30.0 Å². The van der Waals surface area contributed by atoms with Gasteiger partial charge in [0.15, 0.2) is 5.11 Å². The van der Waals surface area contributed by atoms with E-state index in [9.17, 15) is 14.4 Å². The van der Waals surface area contributed by atoms with Crippen LogP contribution in [0.5, 0.6) is 0 Å². The molecule has 4 N–H and O–H groups in total. The van der Waals surface area contributed by atoms with Gasteiger partial charge in [-0.25, -0.2) is 0 Å². The number of nitrogens with one attached hydrogen (secondary N) is 4. The van der Waals surface area contributed by atoms with Crippen molar-refractivity contribution in [1.29, 1.82) is 0 Å². The first-order valence-corrected chi connectivity index (χ1v) is 14.5. The quantitative estimate of drug-likeness (QED) is 0.0762. The standard InChI is InChI=1S/C34H34N4O4S/c39-31(18-9-19-32(40)42-24-10-13-25-11-3-1-4-12-25)38-34(43)37-30-17-8-7-16-29(30)33(41)36-28-22-20-27(21-23-28)35-26-14-5-2-6-15-26/h1-8,11-12,14-17,20-23,35H,9-10,13,18-19,24H2,(H,36,41)(H2,37,38,39,43). The zero-order valence-electron chi connectivity index (χ0n) is 23.7. The van der Waals surface area contributed by atoms with Crippen molar-refractivity contribution < 1.29 is 19.1 Å². The molecule has 43 heavy (non-hydrogen) atoms. The summed E-state index contributed by atoms with van der Waals surface area (Å²) < 4.78 is 5.26. The van der Waals surface area contributed by atoms with Gasteiger partial charge >= 0.3 is 5.97 Å². The summed E-state index contributed by atoms with van der Waals surface area (Å²) in [5.41, 5.74) is 4.50. The molecule has 4 rings (SSSR count). The Balaban J connectivity index is 1.17. The largest absolute Gasteiger partial charge is 0.466 e. The zero-order chi connectivity index (χ0) is 30.3. The Morgan fingerprint density at radius 1 is 0.651 bits per heavy atom. The second kappa shape index (κ2) is 16.4. The highest BCUT2D eigenvalue weighted by Crippen LogP contribution is 2.21. The molecule has 8 nitrogen and oxygen atoms in total. The minimum absolute atomic E-state index is 0.0603. The van der Waals surface area contributed by atoms with Crippen LogP contribution in [0, 0.1) is 0 Å². The highest BCUT2D eigenvalue weighted by molar-refractivity contribution is 7.80. The van der Waals surface area contributed by atoms with E-state index in [0.717, 1.165) is 24.2 Å². The van der Waals surface area contributed by atoms with Crippen molar-refractivity contribution in [2.45, 2.75) is 32.1 Å². The number of benzene rings is 4. The first-order chi connectivity index (χ1) is 21.0. The highest BCUT2D eigenvalue weighted by atomic mass is 32.1. The van der Waals surface area contributed by atoms with E-state index in [2.05, 4.69) is 21.3 Å². The second-order valence-corrected chi connectivity index (χ2v) is 10.1. The van der Waals surface area contributed by atoms with Crippen LogP contribution in [0.3, 0.4) is 0 Å². The number of rotatable bonds is 13. The number of hydrogen-bond acceptors (Lipinski definition) is 6. The molecular weight excluding hydrogens is 560 g/mol. The fourth-order valence-electron chi connectivity index (χ4n) is 4.23. The summed E-state index contributed by atoms with van der Waals surface area (Å²) >= 11 is 5.30. The molecule has 4 aromatic carbocycles. The molecule has 0 aliphatic rings. The lowest BCUT2D eigenvalue weighted by Gasteiger charge is -2.14. The molecule has 0 aliphatic heterocycles. The maximum Gasteiger partial charge on any atom is 0.305 e. The van der Waals surface area contributed by atoms with Crippen LogP contribution >= 0.6 is 12.2 Å². The van der Waals surface area contributed by atoms with Gasteiger partial charge in [-0.05, 0) is 85.6 Å². The lowest BCUT2D eigenvalue weighted by Crippen LogP contribution is -2.34. The van der Waals surface area contributed by atoms with Gasteiger partial charge in [-0.2, -0.15) is 0 Å². The van der Waals surface area contributed by atoms with E-state index < -0.39 is 0 Å². The van der Waals surface area contributed by atoms with Crippen LogP contribution in [0.1, 0.15) is 41.6 Å². The van der Waals surface area contributed by atoms with Gasteiger partial charge in [-0.3, -0.25) is 14.4 Å². The van der Waals surface area contributed by atoms with Crippen LogP contribution in [-0.4, -0.2) is 29.5 Å². The molecule has 0 radical (unpaired) electrons. The number of hydrogen-bond donors (Lipinski definition) is 4. The van der Waals surface area contributed by atoms with Crippen molar-refractivity contribution in [3.05, 3.63) is 120 Å². The van der Waals surface area contributed by atoms with Crippen LogP contribution in [-0.2, 0) is 20.7 Å². The normalized spacial score (nSPS) is 10.3. The molecule has 0 saturated heterocycles. The number of carbonyl (C=O) groups excluding carboxylic acids is 3. The molecule has 9 heteroatoms. The smallest absolute Gasteiger partial charge is 0.305 e. The molecule has 2 amide bonds. The monoisotopic (exact) mass is 594 g/mol. The predicted octanol–water partition coefficient (Wildman–Crippen LogP) is 6.84. The molecule has 0 heterocycles. The van der Waals surface area contributed by atoms with Gasteiger partial charge in [-0.1, -0.05) is 60.7 Å². The van der Waals surface area contributed by atoms with Gasteiger partial charge in [0, 0.05) is 29.9 Å². The Hall–Kier alpha value is -5.02. The maximum absolute atomic E-state index is 13.0. The zero-order valence-corrected chi connectivity index (χ0v) is 24.5. The number of anilines is 4. The van der Waals surface area contributed by atoms with Crippen LogP contribution in [0.25, 0.3) is 0 Å². The fourth-order valence-corrected chi connectivity index (χ4v) is 4.45. The van der Waals surface area contributed by atoms with E-state index in [1.165, 1.54) is 5.56 Å². The first-order valence-electron chi connectivity index (χ1n) is 14.1. The third kappa shape index (κ3) is 10.7. The number of para-hydroxylation sites is 2. The van der Waals surface area contributed by atoms with Crippen LogP contribution < -0.4 is 21.3 Å². The Bertz CT molecular complexity index is 1510. The van der Waals surface area contributed by atoms with Crippen molar-refractivity contribution in [3.8, 4) is 0 Å². The number of esters is 1. The van der Waals surface area contributed by atoms with Crippen LogP contribution in [0.4, 0.5) is 22.7 Å². The van der Waals surface area contributed by atoms with E-state index in [1.54, 1.807) is 24.3 Å². The Morgan fingerprint density at radius 3 is 2.02 bits per heavy atom. The van der Waals surface area contributed by atoms with Gasteiger partial charge in [0.25, 0.3) is 5.91 Å². The predicted molar refractivity (Wildman–Crippen MR) is 174 cm³/mol. The fraction of sp³-hybridized carbons (Fsp3) is 0.176. The number of aryl methyl sites for hydroxylation is 1. The minimum atomic E-state index is -0.333. The van der Waals surface area contributed by atoms with Gasteiger partial charge in [0.1, 0.15) is 0 Å². The molecule has 0 saturated carbocycles. The lowest BCUT2D eigenvalue weighted by atomic mass is 10.1. The third-order valence-corrected chi connectivity index (χ3v) is 6.58. The molecule has 0 unspecified atom stereocenters. The van der Waals surface area contributed by atoms with Gasteiger partial charge < -0.3 is 26.0 Å². The lowest BCUT2D eigenvalue weighted by molar-refractivity contribution is -0.143. The number of thiocarbonyl (C=S) groups is 1. The number of ether oxygens (including phenoxy) is 1. The molecule has 0 spiro atoms. The van der Waals surface area contributed by atoms with E-state index in [1.807, 2.05) is 84.9 Å². The minimum Gasteiger partial charge on any atom is -0.466 e. The van der Waals surface area contributed by atoms with Crippen LogP contribution in [0.2, 0.25) is 0 Å². The average Bonchev–Trinajstić information content (AvgIpc) is 3.01. The van der Waals surface area contributed by atoms with Gasteiger partial charge in [-0.15, -0.1) is 0 Å². The van der Waals surface area contributed by atoms with Crippen molar-refractivity contribution in [2.75, 3.05) is 22.6 Å². The van der Waals surface area contributed by atoms with E-state index >= 15 is 0 Å². The summed E-state index contributed by atoms with van der Waals surface area (Å²) in [6.45, 7) is 0.345. The molecule has 0 aliphatic carbocycles. The summed E-state index contributed by atoms with van der Waals surface area (Å²) in [5.74, 6) is -0.993. The average molecular weight is 595 g/mol. The number of carbonyl (C=O) groups is 3. The highest BCUT2D eigenvalue weighted by Gasteiger charge is 2.14. The maximum atomic E-state index is 13.0. The third-order valence-electron chi connectivity index (χ3n) is 6.38. The molecule has 4 aromatic rings. The Kier molecular flexibility index (Phi) is 11.8. The summed E-state index contributed by atoms with van der Waals surface area (Å²) in [5, 5.41) is 11.8. The topological polar surface area (TPSA) is 109 Å². The first kappa shape index (κ1) is 30.9. The summed E-state index contributed by atoms with van der Waals surface area (Å²) in [6.07, 6.45) is 2.17. The molecule has 0 bridgehead atoms. The Morgan fingerprint density at radius 2 is 1.28 bits per heavy atom. The summed E-state index contributed by atoms with van der Waals surface area (Å²) in [4.78, 5) is 37.4. The van der Waals surface area contributed by atoms with Crippen molar-refractivity contribution in [3.63, 3.8) is 0 Å². The van der Waals surface area contributed by atoms with Gasteiger partial charge in [0.05, 0.1) is 17.9 Å². The molecule has 0 atom stereocenters. The second-order valence-electron chi connectivity index (χ2n) is 9.73. The SMILES string of the molecule is O=C(CCCC(=O)OCCCc1ccccc1)NC(=S)Nc1ccccc1C(=O)Nc1ccc(Nc2ccccc2)cc1. The van der Waals surface area contributed by atoms with E-state index in [-0.39, 0.29) is 35.7 Å². The van der Waals surface area contributed by atoms with Gasteiger partial charge in [0.2, 0.25) is 5.91 Å². The van der Waals surface area contributed by atoms with Crippen molar-refractivity contribution in [1.82, 2.24) is 5.32 Å².